The van der Waals surface area contributed by atoms with Gasteiger partial charge in [0.05, 0.1) is 5.69 Å². The van der Waals surface area contributed by atoms with Gasteiger partial charge in [-0.3, -0.25) is 5.10 Å². The molecule has 0 aliphatic carbocycles. The Morgan fingerprint density at radius 1 is 1.11 bits per heavy atom. The number of carbonyl (C=O) groups is 1. The van der Waals surface area contributed by atoms with Crippen LogP contribution in [0.2, 0.25) is 0 Å². The van der Waals surface area contributed by atoms with Crippen molar-refractivity contribution in [3.8, 4) is 11.1 Å². The number of halogens is 1. The third-order valence-electron chi connectivity index (χ3n) is 4.49. The smallest absolute Gasteiger partial charge is 0.319 e. The number of amides is 2. The zero-order chi connectivity index (χ0) is 19.5. The van der Waals surface area contributed by atoms with E-state index in [1.54, 1.807) is 24.4 Å². The lowest BCUT2D eigenvalue weighted by atomic mass is 10.0. The lowest BCUT2D eigenvalue weighted by Gasteiger charge is -2.09. The molecule has 4 aromatic rings. The molecule has 0 bridgehead atoms. The fourth-order valence-corrected chi connectivity index (χ4v) is 3.07. The van der Waals surface area contributed by atoms with Crippen molar-refractivity contribution in [1.29, 1.82) is 0 Å². The molecule has 0 saturated carbocycles. The second-order valence-corrected chi connectivity index (χ2v) is 6.37. The summed E-state index contributed by atoms with van der Waals surface area (Å²) in [6.45, 7) is 2.05. The number of carbonyl (C=O) groups excluding carboxylic acids is 1. The van der Waals surface area contributed by atoms with Crippen LogP contribution >= 0.6 is 0 Å². The van der Waals surface area contributed by atoms with Gasteiger partial charge in [0.2, 0.25) is 0 Å². The van der Waals surface area contributed by atoms with Crippen molar-refractivity contribution in [2.45, 2.75) is 13.5 Å². The Morgan fingerprint density at radius 3 is 2.68 bits per heavy atom. The van der Waals surface area contributed by atoms with Gasteiger partial charge < -0.3 is 10.6 Å². The first kappa shape index (κ1) is 17.7. The number of anilines is 1. The lowest BCUT2D eigenvalue weighted by molar-refractivity contribution is 0.251. The molecule has 0 spiro atoms. The minimum Gasteiger partial charge on any atom is -0.334 e. The third-order valence-corrected chi connectivity index (χ3v) is 4.49. The number of aromatic nitrogens is 3. The molecule has 0 atom stereocenters. The monoisotopic (exact) mass is 375 g/mol. The van der Waals surface area contributed by atoms with E-state index in [0.29, 0.717) is 11.3 Å². The Morgan fingerprint density at radius 2 is 1.89 bits per heavy atom. The zero-order valence-electron chi connectivity index (χ0n) is 15.2. The highest BCUT2D eigenvalue weighted by atomic mass is 19.1. The van der Waals surface area contributed by atoms with Crippen molar-refractivity contribution in [1.82, 2.24) is 20.5 Å². The summed E-state index contributed by atoms with van der Waals surface area (Å²) < 4.78 is 13.6. The van der Waals surface area contributed by atoms with Crippen molar-refractivity contribution >= 4 is 22.8 Å². The van der Waals surface area contributed by atoms with Crippen LogP contribution in [0.5, 0.6) is 0 Å². The number of aryl methyl sites for hydroxylation is 1. The molecule has 140 valence electrons. The minimum atomic E-state index is -0.395. The van der Waals surface area contributed by atoms with Gasteiger partial charge in [0.25, 0.3) is 0 Å². The second-order valence-electron chi connectivity index (χ2n) is 6.37. The number of hydrogen-bond acceptors (Lipinski definition) is 3. The number of pyridine rings is 1. The summed E-state index contributed by atoms with van der Waals surface area (Å²) in [4.78, 5) is 16.4. The van der Waals surface area contributed by atoms with Crippen LogP contribution in [0.3, 0.4) is 0 Å². The van der Waals surface area contributed by atoms with Gasteiger partial charge in [-0.25, -0.2) is 14.2 Å². The average Bonchev–Trinajstić information content (AvgIpc) is 3.09. The fourth-order valence-electron chi connectivity index (χ4n) is 3.07. The quantitative estimate of drug-likeness (QED) is 0.495. The SMILES string of the molecule is Cc1n[nH]c2nccc(-c3ccc(NC(=O)NCc4ccccc4F)cc3)c12. The molecule has 2 heterocycles. The van der Waals surface area contributed by atoms with Gasteiger partial charge >= 0.3 is 6.03 Å². The molecular weight excluding hydrogens is 357 g/mol. The number of nitrogens with one attached hydrogen (secondary N) is 3. The predicted molar refractivity (Wildman–Crippen MR) is 106 cm³/mol. The zero-order valence-corrected chi connectivity index (χ0v) is 15.2. The maximum atomic E-state index is 13.6. The maximum absolute atomic E-state index is 13.6. The highest BCUT2D eigenvalue weighted by Crippen LogP contribution is 2.29. The van der Waals surface area contributed by atoms with Crippen molar-refractivity contribution < 1.29 is 9.18 Å². The van der Waals surface area contributed by atoms with Crippen LogP contribution in [0.1, 0.15) is 11.3 Å². The van der Waals surface area contributed by atoms with Crippen LogP contribution in [-0.2, 0) is 6.54 Å². The first-order chi connectivity index (χ1) is 13.6. The van der Waals surface area contributed by atoms with Gasteiger partial charge in [-0.15, -0.1) is 0 Å². The number of fused-ring (bicyclic) bond motifs is 1. The molecule has 3 N–H and O–H groups in total. The van der Waals surface area contributed by atoms with E-state index in [1.807, 2.05) is 37.3 Å². The first-order valence-electron chi connectivity index (χ1n) is 8.80. The van der Waals surface area contributed by atoms with Crippen molar-refractivity contribution in [2.24, 2.45) is 0 Å². The van der Waals surface area contributed by atoms with Gasteiger partial charge in [0.1, 0.15) is 5.82 Å². The molecule has 4 rings (SSSR count). The third kappa shape index (κ3) is 3.55. The van der Waals surface area contributed by atoms with Gasteiger partial charge in [0.15, 0.2) is 5.65 Å². The fraction of sp³-hybridized carbons (Fsp3) is 0.0952. The molecule has 0 radical (unpaired) electrons. The summed E-state index contributed by atoms with van der Waals surface area (Å²) in [6.07, 6.45) is 1.73. The Bertz CT molecular complexity index is 1140. The number of urea groups is 1. The molecule has 28 heavy (non-hydrogen) atoms. The number of benzene rings is 2. The van der Waals surface area contributed by atoms with Gasteiger partial charge in [-0.2, -0.15) is 5.10 Å². The van der Waals surface area contributed by atoms with Crippen LogP contribution in [0.25, 0.3) is 22.2 Å². The molecule has 2 aromatic carbocycles. The molecule has 0 aliphatic rings. The van der Waals surface area contributed by atoms with Crippen LogP contribution < -0.4 is 10.6 Å². The molecule has 0 fully saturated rings. The second kappa shape index (κ2) is 7.48. The molecule has 6 nitrogen and oxygen atoms in total. The Kier molecular flexibility index (Phi) is 4.72. The van der Waals surface area contributed by atoms with Crippen molar-refractivity contribution in [2.75, 3.05) is 5.32 Å². The molecule has 0 saturated heterocycles. The lowest BCUT2D eigenvalue weighted by Crippen LogP contribution is -2.28. The summed E-state index contributed by atoms with van der Waals surface area (Å²) in [5, 5.41) is 13.5. The number of aromatic amines is 1. The normalized spacial score (nSPS) is 10.8. The van der Waals surface area contributed by atoms with Crippen LogP contribution in [0.15, 0.2) is 60.8 Å². The number of H-pyrrole nitrogens is 1. The van der Waals surface area contributed by atoms with E-state index in [4.69, 9.17) is 0 Å². The molecule has 2 amide bonds. The van der Waals surface area contributed by atoms with E-state index in [2.05, 4.69) is 25.8 Å². The summed E-state index contributed by atoms with van der Waals surface area (Å²) in [5.41, 5.74) is 4.72. The number of nitrogens with zero attached hydrogens (tertiary/aromatic N) is 2. The topological polar surface area (TPSA) is 82.7 Å². The van der Waals surface area contributed by atoms with Gasteiger partial charge in [0, 0.05) is 29.4 Å². The highest BCUT2D eigenvalue weighted by molar-refractivity contribution is 5.95. The van der Waals surface area contributed by atoms with Crippen LogP contribution in [0, 0.1) is 12.7 Å². The standard InChI is InChI=1S/C21H18FN5O/c1-13-19-17(10-11-23-20(19)27-26-13)14-6-8-16(9-7-14)25-21(28)24-12-15-4-2-3-5-18(15)22/h2-11H,12H2,1H3,(H,23,26,27)(H2,24,25,28). The average molecular weight is 375 g/mol. The first-order valence-corrected chi connectivity index (χ1v) is 8.80. The molecular formula is C21H18FN5O. The Hall–Kier alpha value is -3.74. The summed E-state index contributed by atoms with van der Waals surface area (Å²) in [6, 6.07) is 15.4. The van der Waals surface area contributed by atoms with Crippen LogP contribution in [-0.4, -0.2) is 21.2 Å². The van der Waals surface area contributed by atoms with Crippen molar-refractivity contribution in [3.63, 3.8) is 0 Å². The van der Waals surface area contributed by atoms with E-state index < -0.39 is 6.03 Å². The van der Waals surface area contributed by atoms with E-state index in [-0.39, 0.29) is 12.4 Å². The molecule has 2 aromatic heterocycles. The number of rotatable bonds is 4. The van der Waals surface area contributed by atoms with E-state index in [1.165, 1.54) is 6.07 Å². The van der Waals surface area contributed by atoms with E-state index >= 15 is 0 Å². The molecule has 7 heteroatoms. The summed E-state index contributed by atoms with van der Waals surface area (Å²) >= 11 is 0. The predicted octanol–water partition coefficient (Wildman–Crippen LogP) is 4.39. The van der Waals surface area contributed by atoms with Crippen molar-refractivity contribution in [3.05, 3.63) is 77.9 Å². The highest BCUT2D eigenvalue weighted by Gasteiger charge is 2.10. The van der Waals surface area contributed by atoms with Gasteiger partial charge in [-0.1, -0.05) is 30.3 Å². The Labute approximate surface area is 160 Å². The van der Waals surface area contributed by atoms with Gasteiger partial charge in [-0.05, 0) is 42.3 Å². The summed E-state index contributed by atoms with van der Waals surface area (Å²) in [7, 11) is 0. The summed E-state index contributed by atoms with van der Waals surface area (Å²) in [5.74, 6) is -0.342. The van der Waals surface area contributed by atoms with E-state index in [0.717, 1.165) is 27.9 Å². The Balaban J connectivity index is 1.45. The van der Waals surface area contributed by atoms with Crippen LogP contribution in [0.4, 0.5) is 14.9 Å². The molecule has 0 unspecified atom stereocenters. The van der Waals surface area contributed by atoms with E-state index in [9.17, 15) is 9.18 Å². The minimum absolute atomic E-state index is 0.116. The maximum Gasteiger partial charge on any atom is 0.319 e. The molecule has 0 aliphatic heterocycles. The largest absolute Gasteiger partial charge is 0.334 e. The number of hydrogen-bond donors (Lipinski definition) is 3.